The van der Waals surface area contributed by atoms with Gasteiger partial charge < -0.3 is 10.5 Å². The van der Waals surface area contributed by atoms with E-state index in [1.165, 1.54) is 0 Å². The smallest absolute Gasteiger partial charge is 0.256 e. The van der Waals surface area contributed by atoms with Gasteiger partial charge in [0, 0.05) is 6.04 Å². The van der Waals surface area contributed by atoms with Crippen molar-refractivity contribution in [2.45, 2.75) is 39.8 Å². The van der Waals surface area contributed by atoms with Gasteiger partial charge in [-0.25, -0.2) is 0 Å². The number of rotatable bonds is 3. The first kappa shape index (κ1) is 9.89. The standard InChI is InChI=1S/C9H17N3O/c1-6(2)12-5-8(10)9(11-12)13-7(3)4/h5-7H,10H2,1-4H3. The number of hydrogen-bond acceptors (Lipinski definition) is 3. The first-order valence-electron chi connectivity index (χ1n) is 4.52. The molecule has 0 aliphatic carbocycles. The summed E-state index contributed by atoms with van der Waals surface area (Å²) >= 11 is 0. The van der Waals surface area contributed by atoms with Crippen molar-refractivity contribution in [3.05, 3.63) is 6.20 Å². The second-order valence-electron chi connectivity index (χ2n) is 3.63. The molecule has 74 valence electrons. The Labute approximate surface area is 78.7 Å². The number of anilines is 1. The van der Waals surface area contributed by atoms with Gasteiger partial charge >= 0.3 is 0 Å². The average Bonchev–Trinajstić information content (AvgIpc) is 2.31. The van der Waals surface area contributed by atoms with Gasteiger partial charge in [0.25, 0.3) is 5.88 Å². The van der Waals surface area contributed by atoms with E-state index in [0.29, 0.717) is 17.6 Å². The summed E-state index contributed by atoms with van der Waals surface area (Å²) in [6.07, 6.45) is 1.90. The summed E-state index contributed by atoms with van der Waals surface area (Å²) in [5.41, 5.74) is 6.32. The van der Waals surface area contributed by atoms with Crippen LogP contribution in [0.1, 0.15) is 33.7 Å². The highest BCUT2D eigenvalue weighted by molar-refractivity contribution is 5.46. The SMILES string of the molecule is CC(C)Oc1nn(C(C)C)cc1N. The van der Waals surface area contributed by atoms with E-state index in [0.717, 1.165) is 0 Å². The third-order valence-electron chi connectivity index (χ3n) is 1.60. The Morgan fingerprint density at radius 1 is 1.38 bits per heavy atom. The van der Waals surface area contributed by atoms with Crippen LogP contribution in [0.2, 0.25) is 0 Å². The van der Waals surface area contributed by atoms with E-state index in [2.05, 4.69) is 5.10 Å². The molecule has 0 spiro atoms. The molecule has 0 aliphatic rings. The van der Waals surface area contributed by atoms with E-state index in [1.807, 2.05) is 27.7 Å². The van der Waals surface area contributed by atoms with Gasteiger partial charge in [-0.3, -0.25) is 4.68 Å². The van der Waals surface area contributed by atoms with Crippen LogP contribution in [0.5, 0.6) is 5.88 Å². The maximum atomic E-state index is 5.72. The molecule has 0 unspecified atom stereocenters. The largest absolute Gasteiger partial charge is 0.472 e. The van der Waals surface area contributed by atoms with Crippen molar-refractivity contribution in [2.24, 2.45) is 0 Å². The lowest BCUT2D eigenvalue weighted by Gasteiger charge is -2.07. The minimum Gasteiger partial charge on any atom is -0.472 e. The fraction of sp³-hybridized carbons (Fsp3) is 0.667. The fourth-order valence-corrected chi connectivity index (χ4v) is 0.969. The van der Waals surface area contributed by atoms with E-state index in [9.17, 15) is 0 Å². The second kappa shape index (κ2) is 3.68. The lowest BCUT2D eigenvalue weighted by molar-refractivity contribution is 0.230. The number of aromatic nitrogens is 2. The summed E-state index contributed by atoms with van der Waals surface area (Å²) in [5, 5.41) is 4.22. The molecular weight excluding hydrogens is 166 g/mol. The van der Waals surface area contributed by atoms with Crippen LogP contribution >= 0.6 is 0 Å². The molecule has 4 heteroatoms. The normalized spacial score (nSPS) is 11.2. The lowest BCUT2D eigenvalue weighted by Crippen LogP contribution is -2.08. The van der Waals surface area contributed by atoms with Gasteiger partial charge in [0.2, 0.25) is 0 Å². The Bertz CT molecular complexity index is 278. The Kier molecular flexibility index (Phi) is 2.80. The number of hydrogen-bond donors (Lipinski definition) is 1. The summed E-state index contributed by atoms with van der Waals surface area (Å²) < 4.78 is 7.22. The summed E-state index contributed by atoms with van der Waals surface area (Å²) in [7, 11) is 0. The maximum Gasteiger partial charge on any atom is 0.256 e. The Balaban J connectivity index is 2.83. The maximum absolute atomic E-state index is 5.72. The van der Waals surface area contributed by atoms with Gasteiger partial charge in [-0.15, -0.1) is 5.10 Å². The van der Waals surface area contributed by atoms with Crippen LogP contribution in [0.25, 0.3) is 0 Å². The van der Waals surface area contributed by atoms with E-state index < -0.39 is 0 Å². The Hall–Kier alpha value is -1.19. The van der Waals surface area contributed by atoms with Crippen LogP contribution in [0.4, 0.5) is 5.69 Å². The molecule has 1 aromatic rings. The van der Waals surface area contributed by atoms with Crippen molar-refractivity contribution >= 4 is 5.69 Å². The zero-order chi connectivity index (χ0) is 10.0. The summed E-state index contributed by atoms with van der Waals surface area (Å²) in [4.78, 5) is 0. The van der Waals surface area contributed by atoms with Crippen LogP contribution in [-0.4, -0.2) is 15.9 Å². The molecule has 0 saturated carbocycles. The van der Waals surface area contributed by atoms with Crippen molar-refractivity contribution in [3.63, 3.8) is 0 Å². The number of nitrogens with two attached hydrogens (primary N) is 1. The van der Waals surface area contributed by atoms with Gasteiger partial charge in [-0.1, -0.05) is 0 Å². The molecular formula is C9H17N3O. The molecule has 1 heterocycles. The van der Waals surface area contributed by atoms with Gasteiger partial charge in [0.15, 0.2) is 0 Å². The molecule has 1 aromatic heterocycles. The molecule has 1 rings (SSSR count). The molecule has 4 nitrogen and oxygen atoms in total. The molecule has 0 atom stereocenters. The van der Waals surface area contributed by atoms with Crippen LogP contribution < -0.4 is 10.5 Å². The van der Waals surface area contributed by atoms with Crippen LogP contribution in [0.3, 0.4) is 0 Å². The zero-order valence-corrected chi connectivity index (χ0v) is 8.61. The molecule has 2 N–H and O–H groups in total. The van der Waals surface area contributed by atoms with E-state index in [4.69, 9.17) is 10.5 Å². The molecule has 0 fully saturated rings. The van der Waals surface area contributed by atoms with Gasteiger partial charge in [0.1, 0.15) is 5.69 Å². The summed E-state index contributed by atoms with van der Waals surface area (Å²) in [6, 6.07) is 0.312. The minimum absolute atomic E-state index is 0.109. The monoisotopic (exact) mass is 183 g/mol. The highest BCUT2D eigenvalue weighted by atomic mass is 16.5. The molecule has 0 aliphatic heterocycles. The molecule has 0 saturated heterocycles. The summed E-state index contributed by atoms with van der Waals surface area (Å²) in [6.45, 7) is 8.00. The number of nitrogens with zero attached hydrogens (tertiary/aromatic N) is 2. The van der Waals surface area contributed by atoms with Crippen LogP contribution in [-0.2, 0) is 0 Å². The predicted molar refractivity (Wildman–Crippen MR) is 52.8 cm³/mol. The number of ether oxygens (including phenoxy) is 1. The quantitative estimate of drug-likeness (QED) is 0.777. The van der Waals surface area contributed by atoms with Gasteiger partial charge in [0.05, 0.1) is 12.3 Å². The average molecular weight is 183 g/mol. The second-order valence-corrected chi connectivity index (χ2v) is 3.63. The minimum atomic E-state index is 0.109. The van der Waals surface area contributed by atoms with E-state index >= 15 is 0 Å². The Morgan fingerprint density at radius 2 is 2.00 bits per heavy atom. The van der Waals surface area contributed by atoms with Crippen molar-refractivity contribution in [1.82, 2.24) is 9.78 Å². The molecule has 13 heavy (non-hydrogen) atoms. The third kappa shape index (κ3) is 2.37. The molecule has 0 radical (unpaired) electrons. The molecule has 0 amide bonds. The van der Waals surface area contributed by atoms with E-state index in [1.54, 1.807) is 10.9 Å². The highest BCUT2D eigenvalue weighted by Gasteiger charge is 2.09. The highest BCUT2D eigenvalue weighted by Crippen LogP contribution is 2.21. The van der Waals surface area contributed by atoms with Crippen LogP contribution in [0, 0.1) is 0 Å². The van der Waals surface area contributed by atoms with Crippen molar-refractivity contribution in [1.29, 1.82) is 0 Å². The first-order chi connectivity index (χ1) is 6.00. The van der Waals surface area contributed by atoms with Crippen molar-refractivity contribution in [2.75, 3.05) is 5.73 Å². The van der Waals surface area contributed by atoms with Crippen molar-refractivity contribution in [3.8, 4) is 5.88 Å². The predicted octanol–water partition coefficient (Wildman–Crippen LogP) is 1.83. The zero-order valence-electron chi connectivity index (χ0n) is 8.61. The number of nitrogen functional groups attached to an aromatic ring is 1. The van der Waals surface area contributed by atoms with Crippen molar-refractivity contribution < 1.29 is 4.74 Å². The lowest BCUT2D eigenvalue weighted by atomic mass is 10.4. The topological polar surface area (TPSA) is 53.1 Å². The van der Waals surface area contributed by atoms with Gasteiger partial charge in [-0.05, 0) is 27.7 Å². The van der Waals surface area contributed by atoms with Crippen LogP contribution in [0.15, 0.2) is 6.20 Å². The third-order valence-corrected chi connectivity index (χ3v) is 1.60. The van der Waals surface area contributed by atoms with Gasteiger partial charge in [-0.2, -0.15) is 0 Å². The summed E-state index contributed by atoms with van der Waals surface area (Å²) in [5.74, 6) is 0.531. The molecule has 0 aromatic carbocycles. The Morgan fingerprint density at radius 3 is 2.38 bits per heavy atom. The first-order valence-corrected chi connectivity index (χ1v) is 4.52. The molecule has 0 bridgehead atoms. The fourth-order valence-electron chi connectivity index (χ4n) is 0.969. The van der Waals surface area contributed by atoms with E-state index in [-0.39, 0.29) is 6.10 Å².